The van der Waals surface area contributed by atoms with Crippen LogP contribution in [0.2, 0.25) is 0 Å². The first kappa shape index (κ1) is 22.4. The molecule has 4 aliphatic carbocycles. The van der Waals surface area contributed by atoms with Gasteiger partial charge in [0.1, 0.15) is 6.04 Å². The van der Waals surface area contributed by atoms with E-state index in [1.54, 1.807) is 10.9 Å². The molecule has 32 heavy (non-hydrogen) atoms. The molecule has 7 heteroatoms. The number of ketones is 1. The second kappa shape index (κ2) is 7.57. The molecule has 4 aliphatic rings. The summed E-state index contributed by atoms with van der Waals surface area (Å²) in [5.74, 6) is 2.00. The fraction of sp³-hybridized carbons (Fsp3) is 0.840. The van der Waals surface area contributed by atoms with Crippen LogP contribution in [-0.2, 0) is 4.79 Å². The minimum atomic E-state index is -4.54. The highest BCUT2D eigenvalue weighted by Crippen LogP contribution is 2.65. The van der Waals surface area contributed by atoms with Crippen molar-refractivity contribution in [1.29, 1.82) is 0 Å². The van der Waals surface area contributed by atoms with Crippen molar-refractivity contribution in [3.63, 3.8) is 0 Å². The molecule has 5 rings (SSSR count). The summed E-state index contributed by atoms with van der Waals surface area (Å²) in [6.45, 7) is 4.24. The maximum Gasteiger partial charge on any atom is 0.417 e. The smallest absolute Gasteiger partial charge is 0.380 e. The van der Waals surface area contributed by atoms with Crippen LogP contribution in [0, 0.1) is 40.9 Å². The van der Waals surface area contributed by atoms with Crippen molar-refractivity contribution >= 4 is 5.78 Å². The number of carbonyl (C=O) groups excluding carboxylic acids is 1. The van der Waals surface area contributed by atoms with Gasteiger partial charge in [-0.25, -0.2) is 0 Å². The highest BCUT2D eigenvalue weighted by molar-refractivity contribution is 5.85. The Hall–Kier alpha value is -1.37. The monoisotopic (exact) mass is 452 g/mol. The predicted molar refractivity (Wildman–Crippen MR) is 114 cm³/mol. The summed E-state index contributed by atoms with van der Waals surface area (Å²) in [5.41, 5.74) is -2.52. The van der Waals surface area contributed by atoms with Gasteiger partial charge < -0.3 is 5.11 Å². The van der Waals surface area contributed by atoms with Crippen molar-refractivity contribution in [3.05, 3.63) is 18.5 Å². The van der Waals surface area contributed by atoms with Crippen molar-refractivity contribution in [2.75, 3.05) is 0 Å². The molecule has 0 spiro atoms. The molecule has 178 valence electrons. The van der Waals surface area contributed by atoms with Crippen LogP contribution in [-0.4, -0.2) is 32.4 Å². The van der Waals surface area contributed by atoms with Gasteiger partial charge in [-0.1, -0.05) is 6.92 Å². The van der Waals surface area contributed by atoms with Gasteiger partial charge in [0.05, 0.1) is 0 Å². The van der Waals surface area contributed by atoms with E-state index >= 15 is 0 Å². The van der Waals surface area contributed by atoms with E-state index in [2.05, 4.69) is 12.0 Å². The predicted octanol–water partition coefficient (Wildman–Crippen LogP) is 5.58. The molecule has 0 saturated heterocycles. The molecule has 4 saturated carbocycles. The molecular formula is C25H35F3N2O2. The number of alkyl halides is 3. The molecule has 0 bridgehead atoms. The van der Waals surface area contributed by atoms with E-state index < -0.39 is 11.8 Å². The summed E-state index contributed by atoms with van der Waals surface area (Å²) in [7, 11) is 0. The average molecular weight is 453 g/mol. The molecular weight excluding hydrogens is 417 g/mol. The van der Waals surface area contributed by atoms with Crippen LogP contribution in [0.3, 0.4) is 0 Å². The minimum absolute atomic E-state index is 0.0200. The molecule has 9 atom stereocenters. The molecule has 0 amide bonds. The number of hydrogen-bond donors (Lipinski definition) is 1. The van der Waals surface area contributed by atoms with Crippen LogP contribution in [0.1, 0.15) is 77.7 Å². The quantitative estimate of drug-likeness (QED) is 0.652. The SMILES string of the molecule is C[C@H](C(=O)[C@H]1CC[C@H]2[C@@H]3CC[C@@H]4C[C@@](O)(C(F)(F)F)CC[C@@H]4[C@H]3CC[C@]12C)n1cccn1. The summed E-state index contributed by atoms with van der Waals surface area (Å²) < 4.78 is 42.1. The fourth-order valence-electron chi connectivity index (χ4n) is 8.53. The van der Waals surface area contributed by atoms with Crippen molar-refractivity contribution in [1.82, 2.24) is 9.78 Å². The van der Waals surface area contributed by atoms with E-state index in [9.17, 15) is 23.1 Å². The molecule has 1 N–H and O–H groups in total. The number of nitrogens with zero attached hydrogens (tertiary/aromatic N) is 2. The second-order valence-corrected chi connectivity index (χ2v) is 11.4. The number of fused-ring (bicyclic) bond motifs is 5. The lowest BCUT2D eigenvalue weighted by Crippen LogP contribution is -2.55. The Kier molecular flexibility index (Phi) is 5.31. The lowest BCUT2D eigenvalue weighted by atomic mass is 9.48. The van der Waals surface area contributed by atoms with Crippen LogP contribution in [0.4, 0.5) is 13.2 Å². The highest BCUT2D eigenvalue weighted by Gasteiger charge is 2.62. The van der Waals surface area contributed by atoms with Gasteiger partial charge >= 0.3 is 6.18 Å². The third kappa shape index (κ3) is 3.28. The number of carbonyl (C=O) groups is 1. The van der Waals surface area contributed by atoms with Crippen LogP contribution >= 0.6 is 0 Å². The standard InChI is InChI=1S/C25H35F3N2O2/c1-15(30-13-3-12-29-30)22(31)21-7-6-20-19-5-4-16-14-24(32,25(26,27)28)11-9-17(16)18(19)8-10-23(20,21)2/h3,12-13,15-21,32H,4-11,14H2,1-2H3/t15-,16-,17+,18-,19-,20+,21-,23+,24-/m1/s1. The Labute approximate surface area is 187 Å². The van der Waals surface area contributed by atoms with Gasteiger partial charge in [-0.3, -0.25) is 9.48 Å². The average Bonchev–Trinajstić information content (AvgIpc) is 3.39. The van der Waals surface area contributed by atoms with Gasteiger partial charge in [-0.2, -0.15) is 18.3 Å². The first-order chi connectivity index (χ1) is 15.1. The largest absolute Gasteiger partial charge is 0.417 e. The van der Waals surface area contributed by atoms with Gasteiger partial charge in [0, 0.05) is 18.3 Å². The Morgan fingerprint density at radius 3 is 2.53 bits per heavy atom. The van der Waals surface area contributed by atoms with E-state index in [0.717, 1.165) is 38.5 Å². The number of rotatable bonds is 3. The second-order valence-electron chi connectivity index (χ2n) is 11.4. The molecule has 4 nitrogen and oxygen atoms in total. The van der Waals surface area contributed by atoms with E-state index in [4.69, 9.17) is 0 Å². The zero-order valence-corrected chi connectivity index (χ0v) is 19.0. The van der Waals surface area contributed by atoms with Crippen molar-refractivity contribution in [3.8, 4) is 0 Å². The Morgan fingerprint density at radius 1 is 1.09 bits per heavy atom. The minimum Gasteiger partial charge on any atom is -0.380 e. The number of hydrogen-bond acceptors (Lipinski definition) is 3. The molecule has 0 radical (unpaired) electrons. The van der Waals surface area contributed by atoms with Crippen LogP contribution in [0.15, 0.2) is 18.5 Å². The molecule has 1 aromatic heterocycles. The summed E-state index contributed by atoms with van der Waals surface area (Å²) in [6.07, 6.45) is 4.86. The van der Waals surface area contributed by atoms with Gasteiger partial charge in [-0.05, 0) is 106 Å². The summed E-state index contributed by atoms with van der Waals surface area (Å²) in [5, 5.41) is 14.6. The molecule has 0 aliphatic heterocycles. The third-order valence-electron chi connectivity index (χ3n) is 10.2. The first-order valence-corrected chi connectivity index (χ1v) is 12.4. The molecule has 4 fully saturated rings. The van der Waals surface area contributed by atoms with Crippen LogP contribution in [0.5, 0.6) is 0 Å². The van der Waals surface area contributed by atoms with E-state index in [0.29, 0.717) is 30.1 Å². The van der Waals surface area contributed by atoms with E-state index in [1.165, 1.54) is 0 Å². The number of aromatic nitrogens is 2. The molecule has 0 unspecified atom stereocenters. The molecule has 0 aromatic carbocycles. The Balaban J connectivity index is 1.32. The maximum atomic E-state index is 13.5. The lowest BCUT2D eigenvalue weighted by Gasteiger charge is -2.57. The summed E-state index contributed by atoms with van der Waals surface area (Å²) in [6, 6.07) is 1.58. The van der Waals surface area contributed by atoms with Crippen molar-refractivity contribution in [2.45, 2.75) is 89.5 Å². The normalized spacial score (nSPS) is 44.9. The van der Waals surface area contributed by atoms with Crippen LogP contribution in [0.25, 0.3) is 0 Å². The highest BCUT2D eigenvalue weighted by atomic mass is 19.4. The number of halogens is 3. The van der Waals surface area contributed by atoms with Gasteiger partial charge in [0.25, 0.3) is 0 Å². The fourth-order valence-corrected chi connectivity index (χ4v) is 8.53. The zero-order chi connectivity index (χ0) is 22.9. The Bertz CT molecular complexity index is 856. The maximum absolute atomic E-state index is 13.5. The lowest BCUT2D eigenvalue weighted by molar-refractivity contribution is -0.282. The van der Waals surface area contributed by atoms with Crippen molar-refractivity contribution < 1.29 is 23.1 Å². The van der Waals surface area contributed by atoms with E-state index in [-0.39, 0.29) is 41.9 Å². The Morgan fingerprint density at radius 2 is 1.84 bits per heavy atom. The third-order valence-corrected chi connectivity index (χ3v) is 10.2. The molecule has 1 aromatic rings. The van der Waals surface area contributed by atoms with Crippen LogP contribution < -0.4 is 0 Å². The molecule has 1 heterocycles. The first-order valence-electron chi connectivity index (χ1n) is 12.4. The summed E-state index contributed by atoms with van der Waals surface area (Å²) in [4.78, 5) is 13.5. The zero-order valence-electron chi connectivity index (χ0n) is 19.0. The van der Waals surface area contributed by atoms with Crippen molar-refractivity contribution in [2.24, 2.45) is 40.9 Å². The van der Waals surface area contributed by atoms with Gasteiger partial charge in [-0.15, -0.1) is 0 Å². The van der Waals surface area contributed by atoms with Gasteiger partial charge in [0.2, 0.25) is 0 Å². The van der Waals surface area contributed by atoms with Gasteiger partial charge in [0.15, 0.2) is 11.4 Å². The number of aliphatic hydroxyl groups is 1. The summed E-state index contributed by atoms with van der Waals surface area (Å²) >= 11 is 0. The van der Waals surface area contributed by atoms with E-state index in [1.807, 2.05) is 19.2 Å². The number of Topliss-reactive ketones (excluding diaryl/α,β-unsaturated/α-hetero) is 1. The topological polar surface area (TPSA) is 55.1 Å².